The summed E-state index contributed by atoms with van der Waals surface area (Å²) in [6, 6.07) is 12.2. The molecular weight excluding hydrogens is 480 g/mol. The molecule has 1 aromatic heterocycles. The van der Waals surface area contributed by atoms with E-state index in [1.54, 1.807) is 19.1 Å². The van der Waals surface area contributed by atoms with Gasteiger partial charge in [0, 0.05) is 4.47 Å². The molecule has 0 radical (unpaired) electrons. The Bertz CT molecular complexity index is 1200. The smallest absolute Gasteiger partial charge is 0.296 e. The first-order valence-corrected chi connectivity index (χ1v) is 10.8. The molecule has 3 rings (SSSR count). The molecule has 9 nitrogen and oxygen atoms in total. The van der Waals surface area contributed by atoms with Gasteiger partial charge in [0.1, 0.15) is 11.4 Å². The lowest BCUT2D eigenvalue weighted by Crippen LogP contribution is -2.12. The normalized spacial score (nSPS) is 11.1. The van der Waals surface area contributed by atoms with Crippen LogP contribution in [0, 0.1) is 10.1 Å². The lowest BCUT2D eigenvalue weighted by molar-refractivity contribution is -0.384. The summed E-state index contributed by atoms with van der Waals surface area (Å²) < 4.78 is 36.4. The minimum atomic E-state index is -3.97. The lowest BCUT2D eigenvalue weighted by Gasteiger charge is -2.07. The molecular formula is C19H15BrN2O7S. The highest BCUT2D eigenvalue weighted by molar-refractivity contribution is 9.10. The van der Waals surface area contributed by atoms with E-state index in [4.69, 9.17) is 9.15 Å². The number of nitrogens with zero attached hydrogens (tertiary/aromatic N) is 1. The molecule has 0 unspecified atom stereocenters. The van der Waals surface area contributed by atoms with Gasteiger partial charge in [0.15, 0.2) is 5.76 Å². The number of halogens is 1. The van der Waals surface area contributed by atoms with Gasteiger partial charge in [-0.2, -0.15) is 0 Å². The third kappa shape index (κ3) is 4.52. The van der Waals surface area contributed by atoms with E-state index in [9.17, 15) is 23.3 Å². The number of hydrogen-bond donors (Lipinski definition) is 1. The van der Waals surface area contributed by atoms with Crippen LogP contribution >= 0.6 is 15.9 Å². The second-order valence-corrected chi connectivity index (χ2v) is 8.70. The van der Waals surface area contributed by atoms with E-state index in [1.165, 1.54) is 36.4 Å². The van der Waals surface area contributed by atoms with Crippen molar-refractivity contribution in [3.63, 3.8) is 0 Å². The molecule has 30 heavy (non-hydrogen) atoms. The first-order valence-electron chi connectivity index (χ1n) is 8.55. The number of amides is 1. The minimum absolute atomic E-state index is 0.00541. The zero-order valence-corrected chi connectivity index (χ0v) is 17.9. The molecule has 3 aromatic rings. The number of ether oxygens (including phenoxy) is 1. The van der Waals surface area contributed by atoms with Gasteiger partial charge < -0.3 is 14.5 Å². The van der Waals surface area contributed by atoms with Gasteiger partial charge in [0.2, 0.25) is 14.9 Å². The fourth-order valence-electron chi connectivity index (χ4n) is 2.53. The van der Waals surface area contributed by atoms with Crippen molar-refractivity contribution in [3.05, 3.63) is 74.9 Å². The predicted molar refractivity (Wildman–Crippen MR) is 111 cm³/mol. The number of hydrogen-bond acceptors (Lipinski definition) is 7. The van der Waals surface area contributed by atoms with E-state index < -0.39 is 25.8 Å². The van der Waals surface area contributed by atoms with Gasteiger partial charge in [-0.05, 0) is 55.5 Å². The number of carbonyl (C=O) groups excluding carboxylic acids is 1. The van der Waals surface area contributed by atoms with Gasteiger partial charge in [-0.25, -0.2) is 8.42 Å². The Labute approximate surface area is 179 Å². The standard InChI is InChI=1S/C19H15BrN2O7S/c1-2-28-13-5-8-15(16(11-13)22(24)25)21-19(23)17-9-10-18(29-17)30(26,27)14-6-3-12(20)4-7-14/h3-11H,2H2,1H3,(H,21,23). The Hall–Kier alpha value is -3.18. The van der Waals surface area contributed by atoms with E-state index >= 15 is 0 Å². The molecule has 0 fully saturated rings. The average Bonchev–Trinajstić information content (AvgIpc) is 3.21. The van der Waals surface area contributed by atoms with Crippen LogP contribution in [0.1, 0.15) is 17.5 Å². The van der Waals surface area contributed by atoms with Crippen LogP contribution in [0.25, 0.3) is 0 Å². The van der Waals surface area contributed by atoms with Gasteiger partial charge >= 0.3 is 0 Å². The molecule has 156 valence electrons. The van der Waals surface area contributed by atoms with Crippen LogP contribution in [0.2, 0.25) is 0 Å². The fraction of sp³-hybridized carbons (Fsp3) is 0.105. The minimum Gasteiger partial charge on any atom is -0.494 e. The number of nitrogens with one attached hydrogen (secondary N) is 1. The summed E-state index contributed by atoms with van der Waals surface area (Å²) in [5, 5.41) is 13.2. The third-order valence-corrected chi connectivity index (χ3v) is 6.09. The fourth-order valence-corrected chi connectivity index (χ4v) is 3.96. The van der Waals surface area contributed by atoms with Crippen LogP contribution < -0.4 is 10.1 Å². The van der Waals surface area contributed by atoms with Gasteiger partial charge in [-0.15, -0.1) is 0 Å². The number of nitro groups is 1. The molecule has 2 aromatic carbocycles. The van der Waals surface area contributed by atoms with E-state index in [2.05, 4.69) is 21.2 Å². The maximum atomic E-state index is 12.6. The van der Waals surface area contributed by atoms with Crippen molar-refractivity contribution in [2.24, 2.45) is 0 Å². The first-order chi connectivity index (χ1) is 14.2. The summed E-state index contributed by atoms with van der Waals surface area (Å²) in [5.74, 6) is -0.864. The van der Waals surface area contributed by atoms with Crippen LogP contribution in [0.15, 0.2) is 73.5 Å². The van der Waals surface area contributed by atoms with Gasteiger partial charge in [0.25, 0.3) is 11.6 Å². The summed E-state index contributed by atoms with van der Waals surface area (Å²) in [5.41, 5.74) is -0.453. The van der Waals surface area contributed by atoms with Gasteiger partial charge in [-0.1, -0.05) is 15.9 Å². The van der Waals surface area contributed by atoms with Crippen molar-refractivity contribution in [2.75, 3.05) is 11.9 Å². The maximum Gasteiger partial charge on any atom is 0.296 e. The molecule has 0 spiro atoms. The lowest BCUT2D eigenvalue weighted by atomic mass is 10.2. The van der Waals surface area contributed by atoms with E-state index in [1.807, 2.05) is 0 Å². The molecule has 1 amide bonds. The monoisotopic (exact) mass is 494 g/mol. The van der Waals surface area contributed by atoms with Gasteiger partial charge in [-0.3, -0.25) is 14.9 Å². The number of carbonyl (C=O) groups is 1. The van der Waals surface area contributed by atoms with Gasteiger partial charge in [0.05, 0.1) is 22.5 Å². The summed E-state index contributed by atoms with van der Waals surface area (Å²) in [6.45, 7) is 2.06. The van der Waals surface area contributed by atoms with Crippen LogP contribution in [-0.4, -0.2) is 25.9 Å². The molecule has 0 aliphatic heterocycles. The molecule has 0 saturated heterocycles. The molecule has 0 saturated carbocycles. The number of nitro benzene ring substituents is 1. The molecule has 0 atom stereocenters. The van der Waals surface area contributed by atoms with Crippen LogP contribution in [0.3, 0.4) is 0 Å². The Kier molecular flexibility index (Phi) is 6.22. The number of rotatable bonds is 7. The highest BCUT2D eigenvalue weighted by Crippen LogP contribution is 2.30. The molecule has 1 N–H and O–H groups in total. The van der Waals surface area contributed by atoms with Crippen LogP contribution in [-0.2, 0) is 9.84 Å². The number of anilines is 1. The Morgan fingerprint density at radius 1 is 1.17 bits per heavy atom. The zero-order valence-electron chi connectivity index (χ0n) is 15.5. The molecule has 0 aliphatic rings. The Morgan fingerprint density at radius 3 is 2.50 bits per heavy atom. The van der Waals surface area contributed by atoms with Crippen molar-refractivity contribution in [1.29, 1.82) is 0 Å². The van der Waals surface area contributed by atoms with Crippen molar-refractivity contribution in [3.8, 4) is 5.75 Å². The molecule has 0 bridgehead atoms. The summed E-state index contributed by atoms with van der Waals surface area (Å²) in [7, 11) is -3.97. The van der Waals surface area contributed by atoms with Crippen LogP contribution in [0.5, 0.6) is 5.75 Å². The van der Waals surface area contributed by atoms with Crippen molar-refractivity contribution in [2.45, 2.75) is 16.9 Å². The largest absolute Gasteiger partial charge is 0.494 e. The molecule has 11 heteroatoms. The average molecular weight is 495 g/mol. The number of furan rings is 1. The second kappa shape index (κ2) is 8.67. The number of sulfone groups is 1. The topological polar surface area (TPSA) is 129 Å². The summed E-state index contributed by atoms with van der Waals surface area (Å²) in [4.78, 5) is 23.1. The maximum absolute atomic E-state index is 12.6. The molecule has 0 aliphatic carbocycles. The molecule has 1 heterocycles. The highest BCUT2D eigenvalue weighted by Gasteiger charge is 2.25. The van der Waals surface area contributed by atoms with E-state index in [0.29, 0.717) is 11.1 Å². The van der Waals surface area contributed by atoms with E-state index in [-0.39, 0.29) is 27.8 Å². The van der Waals surface area contributed by atoms with Crippen molar-refractivity contribution < 1.29 is 27.3 Å². The van der Waals surface area contributed by atoms with Crippen LogP contribution in [0.4, 0.5) is 11.4 Å². The summed E-state index contributed by atoms with van der Waals surface area (Å²) >= 11 is 3.23. The summed E-state index contributed by atoms with van der Waals surface area (Å²) in [6.07, 6.45) is 0. The zero-order chi connectivity index (χ0) is 21.9. The number of benzene rings is 2. The predicted octanol–water partition coefficient (Wildman–Crippen LogP) is 4.43. The Balaban J connectivity index is 1.85. The van der Waals surface area contributed by atoms with Crippen molar-refractivity contribution >= 4 is 43.0 Å². The quantitative estimate of drug-likeness (QED) is 0.379. The first kappa shape index (κ1) is 21.5. The highest BCUT2D eigenvalue weighted by atomic mass is 79.9. The second-order valence-electron chi connectivity index (χ2n) is 5.90. The Morgan fingerprint density at radius 2 is 1.87 bits per heavy atom. The van der Waals surface area contributed by atoms with Crippen molar-refractivity contribution in [1.82, 2.24) is 0 Å². The SMILES string of the molecule is CCOc1ccc(NC(=O)c2ccc(S(=O)(=O)c3ccc(Br)cc3)o2)c([N+](=O)[O-])c1. The third-order valence-electron chi connectivity index (χ3n) is 3.92. The van der Waals surface area contributed by atoms with E-state index in [0.717, 1.165) is 6.07 Å².